The molecule has 0 bridgehead atoms. The van der Waals surface area contributed by atoms with Gasteiger partial charge in [0.1, 0.15) is 16.8 Å². The molecule has 1 aliphatic carbocycles. The number of Topliss-reactive ketones (excluding diaryl/α,β-unsaturated/α-hetero) is 1. The van der Waals surface area contributed by atoms with Gasteiger partial charge in [-0.3, -0.25) is 14.3 Å². The number of sulfonamides is 1. The van der Waals surface area contributed by atoms with Gasteiger partial charge in [0.05, 0.1) is 18.4 Å². The molecule has 3 aromatic rings. The smallest absolute Gasteiger partial charge is 0.267 e. The van der Waals surface area contributed by atoms with Crippen molar-refractivity contribution in [3.63, 3.8) is 0 Å². The van der Waals surface area contributed by atoms with E-state index in [2.05, 4.69) is 19.8 Å². The number of aromatic nitrogens is 4. The predicted molar refractivity (Wildman–Crippen MR) is 144 cm³/mol. The lowest BCUT2D eigenvalue weighted by Gasteiger charge is -2.25. The van der Waals surface area contributed by atoms with Gasteiger partial charge in [-0.25, -0.2) is 18.1 Å². The number of nitrogens with zero attached hydrogens (tertiary/aromatic N) is 5. The number of amides is 1. The molecule has 5 rings (SSSR count). The minimum atomic E-state index is -3.99. The van der Waals surface area contributed by atoms with Gasteiger partial charge in [0.25, 0.3) is 10.0 Å². The Balaban J connectivity index is 1.40. The first-order valence-corrected chi connectivity index (χ1v) is 14.5. The maximum absolute atomic E-state index is 13.0. The van der Waals surface area contributed by atoms with Crippen LogP contribution < -0.4 is 9.46 Å². The number of likely N-dealkylation sites (tertiary alicyclic amines) is 1. The lowest BCUT2D eigenvalue weighted by atomic mass is 9.87. The van der Waals surface area contributed by atoms with Crippen LogP contribution in [-0.2, 0) is 26.7 Å². The van der Waals surface area contributed by atoms with Gasteiger partial charge >= 0.3 is 0 Å². The summed E-state index contributed by atoms with van der Waals surface area (Å²) in [7, 11) is -2.36. The number of hydrogen-bond donors (Lipinski definition) is 1. The summed E-state index contributed by atoms with van der Waals surface area (Å²) in [4.78, 5) is 35.5. The Morgan fingerprint density at radius 2 is 1.92 bits per heavy atom. The number of hydrogen-bond acceptors (Lipinski definition) is 8. The van der Waals surface area contributed by atoms with E-state index in [-0.39, 0.29) is 40.4 Å². The van der Waals surface area contributed by atoms with Crippen molar-refractivity contribution in [3.8, 4) is 17.1 Å². The van der Waals surface area contributed by atoms with Gasteiger partial charge in [0, 0.05) is 56.6 Å². The molecule has 2 atom stereocenters. The number of ether oxygens (including phenoxy) is 1. The van der Waals surface area contributed by atoms with Crippen LogP contribution >= 0.6 is 0 Å². The molecule has 1 saturated heterocycles. The van der Waals surface area contributed by atoms with Crippen LogP contribution in [-0.4, -0.2) is 64.0 Å². The maximum Gasteiger partial charge on any atom is 0.267 e. The van der Waals surface area contributed by atoms with Gasteiger partial charge in [-0.1, -0.05) is 18.2 Å². The van der Waals surface area contributed by atoms with Crippen LogP contribution in [0, 0.1) is 19.8 Å². The standard InChI is InChI=1S/C27H32N6O5S/c1-17-6-4-7-18(2)25(17)23-13-24(30-27(29-23)31-39(36,37)22-14-28-32(3)16-22)38-21-10-11-33(15-21)26(35)19-8-5-9-20(34)12-19/h4,6-7,13-14,16,19,21H,5,8-12,15H2,1-3H3,(H,29,30,31). The Bertz CT molecular complexity index is 1500. The fraction of sp³-hybridized carbons (Fsp3) is 0.444. The summed E-state index contributed by atoms with van der Waals surface area (Å²) in [6.45, 7) is 4.83. The van der Waals surface area contributed by atoms with E-state index < -0.39 is 10.0 Å². The summed E-state index contributed by atoms with van der Waals surface area (Å²) in [6, 6.07) is 7.56. The third-order valence-corrected chi connectivity index (χ3v) is 8.52. The fourth-order valence-corrected chi connectivity index (χ4v) is 6.21. The Kier molecular flexibility index (Phi) is 7.39. The van der Waals surface area contributed by atoms with Crippen LogP contribution in [0.15, 0.2) is 41.6 Å². The molecule has 1 N–H and O–H groups in total. The predicted octanol–water partition coefficient (Wildman–Crippen LogP) is 3.03. The number of carbonyl (C=O) groups excluding carboxylic acids is 2. The number of aryl methyl sites for hydroxylation is 3. The molecule has 11 nitrogen and oxygen atoms in total. The largest absolute Gasteiger partial charge is 0.472 e. The van der Waals surface area contributed by atoms with E-state index >= 15 is 0 Å². The highest BCUT2D eigenvalue weighted by atomic mass is 32.2. The number of carbonyl (C=O) groups is 2. The summed E-state index contributed by atoms with van der Waals surface area (Å²) >= 11 is 0. The Hall–Kier alpha value is -3.80. The van der Waals surface area contributed by atoms with Gasteiger partial charge in [-0.15, -0.1) is 0 Å². The first-order valence-electron chi connectivity index (χ1n) is 13.0. The van der Waals surface area contributed by atoms with Gasteiger partial charge in [0.2, 0.25) is 17.7 Å². The zero-order chi connectivity index (χ0) is 27.7. The maximum atomic E-state index is 13.0. The molecule has 2 aromatic heterocycles. The Morgan fingerprint density at radius 1 is 1.15 bits per heavy atom. The highest BCUT2D eigenvalue weighted by Gasteiger charge is 2.34. The van der Waals surface area contributed by atoms with Crippen LogP contribution in [0.3, 0.4) is 0 Å². The van der Waals surface area contributed by atoms with Crippen LogP contribution in [0.25, 0.3) is 11.3 Å². The van der Waals surface area contributed by atoms with Gasteiger partial charge in [-0.05, 0) is 37.8 Å². The molecule has 0 spiro atoms. The molecule has 1 aliphatic heterocycles. The summed E-state index contributed by atoms with van der Waals surface area (Å²) in [5.74, 6) is -0.0293. The molecule has 2 fully saturated rings. The second-order valence-corrected chi connectivity index (χ2v) is 12.0. The molecule has 12 heteroatoms. The van der Waals surface area contributed by atoms with Crippen molar-refractivity contribution in [2.24, 2.45) is 13.0 Å². The van der Waals surface area contributed by atoms with Crippen molar-refractivity contribution < 1.29 is 22.7 Å². The number of rotatable bonds is 7. The normalized spacial score (nSPS) is 19.8. The highest BCUT2D eigenvalue weighted by molar-refractivity contribution is 7.92. The second-order valence-electron chi connectivity index (χ2n) is 10.3. The summed E-state index contributed by atoms with van der Waals surface area (Å²) in [5.41, 5.74) is 3.32. The topological polar surface area (TPSA) is 136 Å². The van der Waals surface area contributed by atoms with E-state index in [1.165, 1.54) is 17.1 Å². The van der Waals surface area contributed by atoms with Crippen molar-refractivity contribution in [1.29, 1.82) is 0 Å². The van der Waals surface area contributed by atoms with Gasteiger partial charge < -0.3 is 9.64 Å². The lowest BCUT2D eigenvalue weighted by molar-refractivity contribution is -0.139. The van der Waals surface area contributed by atoms with E-state index in [9.17, 15) is 18.0 Å². The van der Waals surface area contributed by atoms with Crippen LogP contribution in [0.1, 0.15) is 43.2 Å². The number of benzene rings is 1. The van der Waals surface area contributed by atoms with Crippen molar-refractivity contribution >= 4 is 27.7 Å². The first-order chi connectivity index (χ1) is 18.6. The Labute approximate surface area is 227 Å². The molecular weight excluding hydrogens is 520 g/mol. The molecule has 0 radical (unpaired) electrons. The minimum absolute atomic E-state index is 0.00187. The SMILES string of the molecule is Cc1cccc(C)c1-c1cc(OC2CCN(C(=O)C3CCCC(=O)C3)C2)nc(NS(=O)(=O)c2cnn(C)c2)n1. The average Bonchev–Trinajstić information content (AvgIpc) is 3.53. The van der Waals surface area contributed by atoms with E-state index in [4.69, 9.17) is 4.74 Å². The second kappa shape index (κ2) is 10.8. The third kappa shape index (κ3) is 5.95. The molecule has 1 saturated carbocycles. The van der Waals surface area contributed by atoms with E-state index in [1.54, 1.807) is 18.0 Å². The zero-order valence-electron chi connectivity index (χ0n) is 22.3. The fourth-order valence-electron chi connectivity index (χ4n) is 5.28. The van der Waals surface area contributed by atoms with Crippen LogP contribution in [0.4, 0.5) is 5.95 Å². The molecule has 206 valence electrons. The van der Waals surface area contributed by atoms with Crippen LogP contribution in [0.2, 0.25) is 0 Å². The third-order valence-electron chi connectivity index (χ3n) is 7.23. The molecule has 2 unspecified atom stereocenters. The number of nitrogens with one attached hydrogen (secondary N) is 1. The number of anilines is 1. The van der Waals surface area contributed by atoms with Crippen molar-refractivity contribution in [3.05, 3.63) is 47.8 Å². The van der Waals surface area contributed by atoms with Crippen molar-refractivity contribution in [2.75, 3.05) is 17.8 Å². The average molecular weight is 553 g/mol. The Morgan fingerprint density at radius 3 is 2.62 bits per heavy atom. The highest BCUT2D eigenvalue weighted by Crippen LogP contribution is 2.31. The van der Waals surface area contributed by atoms with Crippen molar-refractivity contribution in [1.82, 2.24) is 24.6 Å². The monoisotopic (exact) mass is 552 g/mol. The molecule has 1 aromatic carbocycles. The number of ketones is 1. The van der Waals surface area contributed by atoms with Crippen LogP contribution in [0.5, 0.6) is 5.88 Å². The summed E-state index contributed by atoms with van der Waals surface area (Å²) < 4.78 is 36.0. The lowest BCUT2D eigenvalue weighted by Crippen LogP contribution is -2.37. The minimum Gasteiger partial charge on any atom is -0.472 e. The zero-order valence-corrected chi connectivity index (χ0v) is 23.1. The summed E-state index contributed by atoms with van der Waals surface area (Å²) in [6.07, 6.45) is 5.27. The van der Waals surface area contributed by atoms with Crippen molar-refractivity contribution in [2.45, 2.75) is 57.0 Å². The molecule has 2 aliphatic rings. The molecule has 1 amide bonds. The van der Waals surface area contributed by atoms with Gasteiger partial charge in [-0.2, -0.15) is 10.1 Å². The van der Waals surface area contributed by atoms with E-state index in [1.807, 2.05) is 32.0 Å². The quantitative estimate of drug-likeness (QED) is 0.472. The molecule has 39 heavy (non-hydrogen) atoms. The molecular formula is C27H32N6O5S. The van der Waals surface area contributed by atoms with E-state index in [0.717, 1.165) is 29.5 Å². The van der Waals surface area contributed by atoms with E-state index in [0.29, 0.717) is 38.0 Å². The summed E-state index contributed by atoms with van der Waals surface area (Å²) in [5, 5.41) is 3.94. The van der Waals surface area contributed by atoms with Gasteiger partial charge in [0.15, 0.2) is 0 Å². The first kappa shape index (κ1) is 26.8. The molecule has 3 heterocycles.